The Morgan fingerprint density at radius 2 is 2.07 bits per heavy atom. The van der Waals surface area contributed by atoms with Crippen molar-refractivity contribution >= 4 is 11.7 Å². The third kappa shape index (κ3) is 3.37. The van der Waals surface area contributed by atoms with Gasteiger partial charge in [0.15, 0.2) is 0 Å². The van der Waals surface area contributed by atoms with E-state index < -0.39 is 0 Å². The summed E-state index contributed by atoms with van der Waals surface area (Å²) in [4.78, 5) is 33.3. The summed E-state index contributed by atoms with van der Waals surface area (Å²) in [6.45, 7) is 3.70. The van der Waals surface area contributed by atoms with E-state index in [1.807, 2.05) is 6.92 Å². The number of hydrogen-bond acceptors (Lipinski definition) is 4. The summed E-state index contributed by atoms with van der Waals surface area (Å²) in [5, 5.41) is 5.73. The number of hydrogen-bond donors (Lipinski definition) is 2. The number of rotatable bonds is 4. The molecule has 0 saturated carbocycles. The molecule has 0 bridgehead atoms. The Morgan fingerprint density at radius 3 is 2.89 bits per heavy atom. The van der Waals surface area contributed by atoms with Gasteiger partial charge < -0.3 is 5.32 Å². The maximum absolute atomic E-state index is 12.6. The van der Waals surface area contributed by atoms with Gasteiger partial charge in [-0.3, -0.25) is 14.7 Å². The number of aryl methyl sites for hydroxylation is 3. The normalized spacial score (nSPS) is 14.7. The van der Waals surface area contributed by atoms with Crippen LogP contribution < -0.4 is 10.9 Å². The fourth-order valence-corrected chi connectivity index (χ4v) is 3.76. The van der Waals surface area contributed by atoms with Gasteiger partial charge >= 0.3 is 0 Å². The van der Waals surface area contributed by atoms with Crippen molar-refractivity contribution in [3.63, 3.8) is 0 Å². The second-order valence-electron chi connectivity index (χ2n) is 7.20. The quantitative estimate of drug-likeness (QED) is 0.740. The van der Waals surface area contributed by atoms with E-state index in [0.717, 1.165) is 18.4 Å². The molecule has 2 heterocycles. The number of aromatic nitrogens is 4. The molecule has 1 atom stereocenters. The van der Waals surface area contributed by atoms with Crippen LogP contribution in [0.1, 0.15) is 53.8 Å². The van der Waals surface area contributed by atoms with Crippen molar-refractivity contribution in [2.45, 2.75) is 52.0 Å². The number of carbonyl (C=O) groups is 1. The van der Waals surface area contributed by atoms with Crippen molar-refractivity contribution < 1.29 is 4.79 Å². The molecule has 1 aliphatic rings. The minimum Gasteiger partial charge on any atom is -0.349 e. The average Bonchev–Trinajstić information content (AvgIpc) is 3.13. The van der Waals surface area contributed by atoms with Crippen LogP contribution in [0.5, 0.6) is 0 Å². The van der Waals surface area contributed by atoms with E-state index in [1.54, 1.807) is 6.92 Å². The van der Waals surface area contributed by atoms with Gasteiger partial charge in [0.05, 0.1) is 18.2 Å². The first-order valence-corrected chi connectivity index (χ1v) is 9.35. The van der Waals surface area contributed by atoms with Gasteiger partial charge in [-0.1, -0.05) is 18.2 Å². The highest BCUT2D eigenvalue weighted by molar-refractivity contribution is 5.79. The van der Waals surface area contributed by atoms with E-state index in [4.69, 9.17) is 0 Å². The zero-order valence-electron chi connectivity index (χ0n) is 15.6. The summed E-state index contributed by atoms with van der Waals surface area (Å²) in [7, 11) is 0. The maximum atomic E-state index is 12.6. The summed E-state index contributed by atoms with van der Waals surface area (Å²) in [5.41, 5.74) is 4.54. The number of benzene rings is 1. The van der Waals surface area contributed by atoms with Crippen molar-refractivity contribution in [1.82, 2.24) is 24.9 Å². The lowest BCUT2D eigenvalue weighted by Gasteiger charge is -2.20. The molecule has 140 valence electrons. The Bertz CT molecular complexity index is 1070. The molecule has 1 aromatic carbocycles. The average molecular weight is 365 g/mol. The van der Waals surface area contributed by atoms with Crippen LogP contribution in [0.2, 0.25) is 0 Å². The predicted molar refractivity (Wildman–Crippen MR) is 102 cm³/mol. The first-order valence-electron chi connectivity index (χ1n) is 9.35. The van der Waals surface area contributed by atoms with Crippen LogP contribution in [0, 0.1) is 6.92 Å². The molecule has 27 heavy (non-hydrogen) atoms. The van der Waals surface area contributed by atoms with Gasteiger partial charge in [-0.25, -0.2) is 9.97 Å². The van der Waals surface area contributed by atoms with Gasteiger partial charge in [0.1, 0.15) is 6.33 Å². The van der Waals surface area contributed by atoms with Crippen LogP contribution in [0.3, 0.4) is 0 Å². The maximum Gasteiger partial charge on any atom is 0.277 e. The first kappa shape index (κ1) is 17.5. The number of carbonyl (C=O) groups excluding carboxylic acids is 1. The minimum absolute atomic E-state index is 0.00505. The van der Waals surface area contributed by atoms with E-state index in [-0.39, 0.29) is 23.9 Å². The van der Waals surface area contributed by atoms with Crippen molar-refractivity contribution in [3.05, 3.63) is 62.8 Å². The largest absolute Gasteiger partial charge is 0.349 e. The second kappa shape index (κ2) is 6.98. The molecular formula is C20H23N5O2. The van der Waals surface area contributed by atoms with Crippen molar-refractivity contribution in [2.24, 2.45) is 0 Å². The number of nitrogens with zero attached hydrogens (tertiary/aromatic N) is 3. The standard InChI is InChI=1S/C20H23N5O2/c1-12(15-8-7-14-5-3-4-6-16(14)9-15)23-18(26)10-17-13(2)24-20-21-11-22-25(20)19(17)27/h7-9,11-12H,3-6,10H2,1-2H3,(H,23,26)(H,21,22,24)/t12-/m1/s1. The Hall–Kier alpha value is -2.96. The molecule has 4 rings (SSSR count). The monoisotopic (exact) mass is 365 g/mol. The number of aromatic amines is 1. The molecule has 0 radical (unpaired) electrons. The lowest BCUT2D eigenvalue weighted by Crippen LogP contribution is -2.32. The van der Waals surface area contributed by atoms with Gasteiger partial charge in [-0.05, 0) is 56.2 Å². The SMILES string of the molecule is Cc1nc2nc[nH]n2c(=O)c1CC(=O)N[C@H](C)c1ccc2c(c1)CCCC2. The number of H-pyrrole nitrogens is 1. The van der Waals surface area contributed by atoms with Crippen molar-refractivity contribution in [2.75, 3.05) is 0 Å². The van der Waals surface area contributed by atoms with E-state index in [0.29, 0.717) is 17.0 Å². The highest BCUT2D eigenvalue weighted by Crippen LogP contribution is 2.24. The Kier molecular flexibility index (Phi) is 4.51. The van der Waals surface area contributed by atoms with Crippen molar-refractivity contribution in [1.29, 1.82) is 0 Å². The molecule has 0 spiro atoms. The molecule has 3 aromatic rings. The molecule has 1 aliphatic carbocycles. The zero-order valence-corrected chi connectivity index (χ0v) is 15.6. The van der Waals surface area contributed by atoms with Gasteiger partial charge in [-0.15, -0.1) is 0 Å². The molecule has 0 unspecified atom stereocenters. The third-order valence-electron chi connectivity index (χ3n) is 5.32. The Balaban J connectivity index is 1.50. The third-order valence-corrected chi connectivity index (χ3v) is 5.32. The Labute approximate surface area is 156 Å². The molecule has 0 saturated heterocycles. The molecule has 7 nitrogen and oxygen atoms in total. The first-order chi connectivity index (χ1) is 13.0. The number of amides is 1. The highest BCUT2D eigenvalue weighted by Gasteiger charge is 2.18. The summed E-state index contributed by atoms with van der Waals surface area (Å²) in [6.07, 6.45) is 6.13. The summed E-state index contributed by atoms with van der Waals surface area (Å²) in [6, 6.07) is 6.36. The predicted octanol–water partition coefficient (Wildman–Crippen LogP) is 2.02. The van der Waals surface area contributed by atoms with E-state index in [1.165, 1.54) is 34.8 Å². The summed E-state index contributed by atoms with van der Waals surface area (Å²) in [5.74, 6) is 0.116. The van der Waals surface area contributed by atoms with E-state index in [9.17, 15) is 9.59 Å². The van der Waals surface area contributed by atoms with E-state index in [2.05, 4.69) is 38.6 Å². The lowest BCUT2D eigenvalue weighted by atomic mass is 9.89. The van der Waals surface area contributed by atoms with Crippen LogP contribution in [-0.4, -0.2) is 25.5 Å². The fourth-order valence-electron chi connectivity index (χ4n) is 3.76. The molecule has 7 heteroatoms. The highest BCUT2D eigenvalue weighted by atomic mass is 16.2. The minimum atomic E-state index is -0.286. The number of nitrogens with one attached hydrogen (secondary N) is 2. The van der Waals surface area contributed by atoms with Crippen LogP contribution in [0.4, 0.5) is 0 Å². The summed E-state index contributed by atoms with van der Waals surface area (Å²) >= 11 is 0. The topological polar surface area (TPSA) is 92.2 Å². The van der Waals surface area contributed by atoms with Gasteiger partial charge in [0.2, 0.25) is 5.91 Å². The zero-order chi connectivity index (χ0) is 19.0. The smallest absolute Gasteiger partial charge is 0.277 e. The molecular weight excluding hydrogens is 342 g/mol. The van der Waals surface area contributed by atoms with Crippen molar-refractivity contribution in [3.8, 4) is 0 Å². The van der Waals surface area contributed by atoms with Gasteiger partial charge in [0, 0.05) is 5.56 Å². The van der Waals surface area contributed by atoms with Crippen LogP contribution >= 0.6 is 0 Å². The lowest BCUT2D eigenvalue weighted by molar-refractivity contribution is -0.121. The molecule has 0 fully saturated rings. The second-order valence-corrected chi connectivity index (χ2v) is 7.20. The Morgan fingerprint density at radius 1 is 1.30 bits per heavy atom. The number of fused-ring (bicyclic) bond motifs is 2. The van der Waals surface area contributed by atoms with Crippen LogP contribution in [0.25, 0.3) is 5.78 Å². The molecule has 2 aromatic heterocycles. The van der Waals surface area contributed by atoms with Crippen LogP contribution in [0.15, 0.2) is 29.3 Å². The molecule has 1 amide bonds. The molecule has 2 N–H and O–H groups in total. The van der Waals surface area contributed by atoms with E-state index >= 15 is 0 Å². The summed E-state index contributed by atoms with van der Waals surface area (Å²) < 4.78 is 1.25. The van der Waals surface area contributed by atoms with Crippen LogP contribution in [-0.2, 0) is 24.1 Å². The van der Waals surface area contributed by atoms with Gasteiger partial charge in [-0.2, -0.15) is 4.52 Å². The fraction of sp³-hybridized carbons (Fsp3) is 0.400. The van der Waals surface area contributed by atoms with Gasteiger partial charge in [0.25, 0.3) is 11.3 Å². The molecule has 0 aliphatic heterocycles.